The molecular formula is C10H17N3O. The summed E-state index contributed by atoms with van der Waals surface area (Å²) in [4.78, 5) is 4.15. The van der Waals surface area contributed by atoms with Gasteiger partial charge in [0.2, 0.25) is 0 Å². The third-order valence-electron chi connectivity index (χ3n) is 3.10. The lowest BCUT2D eigenvalue weighted by Gasteiger charge is -2.34. The van der Waals surface area contributed by atoms with Gasteiger partial charge in [0.1, 0.15) is 11.9 Å². The molecule has 0 amide bonds. The fourth-order valence-corrected chi connectivity index (χ4v) is 2.44. The highest BCUT2D eigenvalue weighted by Gasteiger charge is 2.37. The Hall–Kier alpha value is -0.900. The van der Waals surface area contributed by atoms with Crippen molar-refractivity contribution in [1.82, 2.24) is 14.8 Å². The summed E-state index contributed by atoms with van der Waals surface area (Å²) in [5, 5.41) is 14.5. The highest BCUT2D eigenvalue weighted by molar-refractivity contribution is 5.03. The van der Waals surface area contributed by atoms with Gasteiger partial charge in [-0.1, -0.05) is 13.3 Å². The van der Waals surface area contributed by atoms with Gasteiger partial charge >= 0.3 is 0 Å². The Morgan fingerprint density at radius 3 is 3.00 bits per heavy atom. The number of hydrogen-bond acceptors (Lipinski definition) is 3. The van der Waals surface area contributed by atoms with Crippen molar-refractivity contribution in [1.29, 1.82) is 0 Å². The molecule has 78 valence electrons. The normalized spacial score (nSPS) is 33.2. The fraction of sp³-hybridized carbons (Fsp3) is 0.800. The van der Waals surface area contributed by atoms with E-state index in [1.807, 2.05) is 7.05 Å². The summed E-state index contributed by atoms with van der Waals surface area (Å²) in [6, 6.07) is 0. The van der Waals surface area contributed by atoms with Gasteiger partial charge in [0.25, 0.3) is 0 Å². The molecule has 1 aromatic rings. The van der Waals surface area contributed by atoms with Gasteiger partial charge in [-0.3, -0.25) is 4.68 Å². The van der Waals surface area contributed by atoms with Gasteiger partial charge in [0.05, 0.1) is 0 Å². The first-order valence-electron chi connectivity index (χ1n) is 5.19. The summed E-state index contributed by atoms with van der Waals surface area (Å²) in [6.45, 7) is 2.18. The van der Waals surface area contributed by atoms with Gasteiger partial charge in [-0.25, -0.2) is 4.98 Å². The SMILES string of the molecule is CC1CCCC(O)(c2ncnn2C)C1. The average molecular weight is 195 g/mol. The Kier molecular flexibility index (Phi) is 2.31. The van der Waals surface area contributed by atoms with E-state index in [4.69, 9.17) is 0 Å². The summed E-state index contributed by atoms with van der Waals surface area (Å²) >= 11 is 0. The number of aliphatic hydroxyl groups is 1. The zero-order valence-electron chi connectivity index (χ0n) is 8.77. The molecule has 4 nitrogen and oxygen atoms in total. The van der Waals surface area contributed by atoms with Crippen molar-refractivity contribution in [3.05, 3.63) is 12.2 Å². The highest BCUT2D eigenvalue weighted by atomic mass is 16.3. The lowest BCUT2D eigenvalue weighted by atomic mass is 9.78. The molecule has 14 heavy (non-hydrogen) atoms. The van der Waals surface area contributed by atoms with E-state index in [1.54, 1.807) is 4.68 Å². The van der Waals surface area contributed by atoms with Crippen molar-refractivity contribution < 1.29 is 5.11 Å². The van der Waals surface area contributed by atoms with Crippen molar-refractivity contribution in [2.24, 2.45) is 13.0 Å². The second kappa shape index (κ2) is 3.35. The molecule has 1 aromatic heterocycles. The van der Waals surface area contributed by atoms with Crippen LogP contribution in [-0.2, 0) is 12.6 Å². The van der Waals surface area contributed by atoms with Crippen molar-refractivity contribution >= 4 is 0 Å². The topological polar surface area (TPSA) is 50.9 Å². The zero-order valence-corrected chi connectivity index (χ0v) is 8.77. The van der Waals surface area contributed by atoms with Crippen molar-refractivity contribution in [3.63, 3.8) is 0 Å². The first-order chi connectivity index (χ1) is 6.62. The Morgan fingerprint density at radius 1 is 1.64 bits per heavy atom. The van der Waals surface area contributed by atoms with Crippen LogP contribution in [0.1, 0.15) is 38.4 Å². The quantitative estimate of drug-likeness (QED) is 0.733. The Labute approximate surface area is 84.0 Å². The molecule has 0 aliphatic heterocycles. The monoisotopic (exact) mass is 195 g/mol. The molecule has 1 N–H and O–H groups in total. The number of rotatable bonds is 1. The Balaban J connectivity index is 2.27. The van der Waals surface area contributed by atoms with Crippen LogP contribution in [0.3, 0.4) is 0 Å². The van der Waals surface area contributed by atoms with Crippen molar-refractivity contribution in [3.8, 4) is 0 Å². The van der Waals surface area contributed by atoms with Gasteiger partial charge in [-0.15, -0.1) is 0 Å². The van der Waals surface area contributed by atoms with Gasteiger partial charge in [0, 0.05) is 7.05 Å². The van der Waals surface area contributed by atoms with Crippen LogP contribution < -0.4 is 0 Å². The van der Waals surface area contributed by atoms with Crippen LogP contribution in [0.15, 0.2) is 6.33 Å². The molecular weight excluding hydrogens is 178 g/mol. The van der Waals surface area contributed by atoms with E-state index in [0.717, 1.165) is 19.3 Å². The van der Waals surface area contributed by atoms with Gasteiger partial charge in [-0.05, 0) is 25.2 Å². The predicted octanol–water partition coefficient (Wildman–Crippen LogP) is 1.21. The van der Waals surface area contributed by atoms with E-state index < -0.39 is 5.60 Å². The molecule has 2 rings (SSSR count). The van der Waals surface area contributed by atoms with Crippen LogP contribution in [0.25, 0.3) is 0 Å². The predicted molar refractivity (Wildman–Crippen MR) is 52.5 cm³/mol. The lowest BCUT2D eigenvalue weighted by molar-refractivity contribution is -0.0284. The zero-order chi connectivity index (χ0) is 10.2. The number of aromatic nitrogens is 3. The smallest absolute Gasteiger partial charge is 0.158 e. The van der Waals surface area contributed by atoms with E-state index in [1.165, 1.54) is 12.7 Å². The molecule has 1 heterocycles. The van der Waals surface area contributed by atoms with Crippen LogP contribution in [0.5, 0.6) is 0 Å². The maximum atomic E-state index is 10.5. The minimum atomic E-state index is -0.747. The summed E-state index contributed by atoms with van der Waals surface area (Å²) in [7, 11) is 1.83. The summed E-state index contributed by atoms with van der Waals surface area (Å²) in [5.41, 5.74) is -0.747. The number of hydrogen-bond donors (Lipinski definition) is 1. The summed E-state index contributed by atoms with van der Waals surface area (Å²) in [5.74, 6) is 1.29. The van der Waals surface area contributed by atoms with Crippen molar-refractivity contribution in [2.75, 3.05) is 0 Å². The minimum Gasteiger partial charge on any atom is -0.382 e. The second-order valence-electron chi connectivity index (χ2n) is 4.44. The molecule has 2 unspecified atom stereocenters. The van der Waals surface area contributed by atoms with Crippen LogP contribution in [-0.4, -0.2) is 19.9 Å². The molecule has 0 radical (unpaired) electrons. The molecule has 2 atom stereocenters. The molecule has 0 bridgehead atoms. The van der Waals surface area contributed by atoms with Gasteiger partial charge in [-0.2, -0.15) is 5.10 Å². The van der Waals surface area contributed by atoms with Crippen LogP contribution in [0.4, 0.5) is 0 Å². The van der Waals surface area contributed by atoms with E-state index in [9.17, 15) is 5.11 Å². The first-order valence-corrected chi connectivity index (χ1v) is 5.19. The Bertz CT molecular complexity index is 323. The van der Waals surface area contributed by atoms with Gasteiger partial charge < -0.3 is 5.11 Å². The Morgan fingerprint density at radius 2 is 2.43 bits per heavy atom. The molecule has 4 heteroatoms. The molecule has 1 aliphatic rings. The number of nitrogens with zero attached hydrogens (tertiary/aromatic N) is 3. The average Bonchev–Trinajstić information content (AvgIpc) is 2.51. The van der Waals surface area contributed by atoms with E-state index in [-0.39, 0.29) is 0 Å². The maximum Gasteiger partial charge on any atom is 0.158 e. The largest absolute Gasteiger partial charge is 0.382 e. The summed E-state index contributed by atoms with van der Waals surface area (Å²) < 4.78 is 1.68. The molecule has 0 saturated heterocycles. The molecule has 0 spiro atoms. The third kappa shape index (κ3) is 1.54. The van der Waals surface area contributed by atoms with E-state index >= 15 is 0 Å². The molecule has 1 aliphatic carbocycles. The standard InChI is InChI=1S/C10H17N3O/c1-8-4-3-5-10(14,6-8)9-11-7-12-13(9)2/h7-8,14H,3-6H2,1-2H3. The lowest BCUT2D eigenvalue weighted by Crippen LogP contribution is -2.34. The first kappa shape index (κ1) is 9.65. The van der Waals surface area contributed by atoms with Crippen LogP contribution in [0.2, 0.25) is 0 Å². The fourth-order valence-electron chi connectivity index (χ4n) is 2.44. The second-order valence-corrected chi connectivity index (χ2v) is 4.44. The third-order valence-corrected chi connectivity index (χ3v) is 3.10. The van der Waals surface area contributed by atoms with E-state index in [2.05, 4.69) is 17.0 Å². The van der Waals surface area contributed by atoms with Crippen LogP contribution >= 0.6 is 0 Å². The van der Waals surface area contributed by atoms with Crippen LogP contribution in [0, 0.1) is 5.92 Å². The van der Waals surface area contributed by atoms with E-state index in [0.29, 0.717) is 11.7 Å². The molecule has 1 fully saturated rings. The molecule has 0 aromatic carbocycles. The summed E-state index contributed by atoms with van der Waals surface area (Å²) in [6.07, 6.45) is 5.40. The highest BCUT2D eigenvalue weighted by Crippen LogP contribution is 2.38. The maximum absolute atomic E-state index is 10.5. The number of aryl methyl sites for hydroxylation is 1. The van der Waals surface area contributed by atoms with Gasteiger partial charge in [0.15, 0.2) is 5.82 Å². The van der Waals surface area contributed by atoms with Crippen molar-refractivity contribution in [2.45, 2.75) is 38.2 Å². The molecule has 1 saturated carbocycles. The minimum absolute atomic E-state index is 0.574.